The lowest BCUT2D eigenvalue weighted by Gasteiger charge is -1.98. The largest absolute Gasteiger partial charge is 0.486 e. The van der Waals surface area contributed by atoms with Crippen LogP contribution >= 0.6 is 11.8 Å². The molecule has 0 saturated carbocycles. The summed E-state index contributed by atoms with van der Waals surface area (Å²) in [5.74, 6) is 0.579. The van der Waals surface area contributed by atoms with Gasteiger partial charge in [-0.1, -0.05) is 11.8 Å². The first-order chi connectivity index (χ1) is 4.33. The second kappa shape index (κ2) is 2.98. The fourth-order valence-corrected chi connectivity index (χ4v) is 1.28. The SMILES string of the molecule is CCOC1=CN(O)CS1. The lowest BCUT2D eigenvalue weighted by molar-refractivity contribution is -0.0194. The van der Waals surface area contributed by atoms with Gasteiger partial charge in [-0.2, -0.15) is 0 Å². The summed E-state index contributed by atoms with van der Waals surface area (Å²) < 4.78 is 5.10. The molecule has 1 rings (SSSR count). The molecule has 0 atom stereocenters. The molecular formula is C5H9NO2S. The molecule has 0 fully saturated rings. The molecule has 0 radical (unpaired) electrons. The normalized spacial score (nSPS) is 18.0. The molecule has 1 aliphatic heterocycles. The Hall–Kier alpha value is -0.350. The number of hydroxylamine groups is 2. The van der Waals surface area contributed by atoms with Gasteiger partial charge in [0.05, 0.1) is 18.7 Å². The predicted octanol–water partition coefficient (Wildman–Crippen LogP) is 1.22. The molecule has 0 aromatic carbocycles. The van der Waals surface area contributed by atoms with Crippen molar-refractivity contribution in [1.29, 1.82) is 0 Å². The molecule has 3 nitrogen and oxygen atoms in total. The van der Waals surface area contributed by atoms with E-state index in [4.69, 9.17) is 9.94 Å². The summed E-state index contributed by atoms with van der Waals surface area (Å²) in [4.78, 5) is 0. The minimum atomic E-state index is 0.579. The smallest absolute Gasteiger partial charge is 0.173 e. The van der Waals surface area contributed by atoms with Gasteiger partial charge in [0.15, 0.2) is 5.09 Å². The standard InChI is InChI=1S/C5H9NO2S/c1-2-8-5-3-6(7)4-9-5/h3,7H,2,4H2,1H3. The van der Waals surface area contributed by atoms with Crippen molar-refractivity contribution in [3.8, 4) is 0 Å². The first-order valence-electron chi connectivity index (χ1n) is 2.76. The second-order valence-electron chi connectivity index (χ2n) is 1.59. The Labute approximate surface area is 58.2 Å². The molecule has 9 heavy (non-hydrogen) atoms. The predicted molar refractivity (Wildman–Crippen MR) is 35.8 cm³/mol. The van der Waals surface area contributed by atoms with E-state index >= 15 is 0 Å². The number of ether oxygens (including phenoxy) is 1. The molecule has 0 aromatic heterocycles. The molecule has 1 aliphatic rings. The van der Waals surface area contributed by atoms with Gasteiger partial charge in [0.1, 0.15) is 0 Å². The topological polar surface area (TPSA) is 32.7 Å². The zero-order valence-electron chi connectivity index (χ0n) is 5.20. The van der Waals surface area contributed by atoms with E-state index in [2.05, 4.69) is 0 Å². The summed E-state index contributed by atoms with van der Waals surface area (Å²) in [5, 5.41) is 10.7. The Balaban J connectivity index is 2.33. The first-order valence-corrected chi connectivity index (χ1v) is 3.74. The van der Waals surface area contributed by atoms with Gasteiger partial charge in [-0.3, -0.25) is 5.21 Å². The van der Waals surface area contributed by atoms with Crippen LogP contribution in [0.15, 0.2) is 11.3 Å². The maximum absolute atomic E-state index is 8.78. The molecule has 0 aliphatic carbocycles. The van der Waals surface area contributed by atoms with Gasteiger partial charge in [-0.25, -0.2) is 5.06 Å². The van der Waals surface area contributed by atoms with E-state index in [-0.39, 0.29) is 0 Å². The lowest BCUT2D eigenvalue weighted by Crippen LogP contribution is -2.04. The highest BCUT2D eigenvalue weighted by molar-refractivity contribution is 8.03. The van der Waals surface area contributed by atoms with Crippen molar-refractivity contribution < 1.29 is 9.94 Å². The second-order valence-corrected chi connectivity index (χ2v) is 2.54. The third kappa shape index (κ3) is 1.80. The van der Waals surface area contributed by atoms with Crippen molar-refractivity contribution in [1.82, 2.24) is 5.06 Å². The third-order valence-corrected chi connectivity index (χ3v) is 1.78. The van der Waals surface area contributed by atoms with E-state index in [9.17, 15) is 0 Å². The van der Waals surface area contributed by atoms with E-state index in [0.29, 0.717) is 12.5 Å². The van der Waals surface area contributed by atoms with Crippen LogP contribution in [0.25, 0.3) is 0 Å². The van der Waals surface area contributed by atoms with E-state index in [1.165, 1.54) is 11.8 Å². The lowest BCUT2D eigenvalue weighted by atomic mass is 10.8. The summed E-state index contributed by atoms with van der Waals surface area (Å²) >= 11 is 1.49. The van der Waals surface area contributed by atoms with Gasteiger partial charge in [0.2, 0.25) is 0 Å². The van der Waals surface area contributed by atoms with E-state index in [1.54, 1.807) is 6.20 Å². The molecule has 0 aromatic rings. The highest BCUT2D eigenvalue weighted by Crippen LogP contribution is 2.24. The van der Waals surface area contributed by atoms with E-state index in [1.807, 2.05) is 6.92 Å². The number of thioether (sulfide) groups is 1. The van der Waals surface area contributed by atoms with Gasteiger partial charge in [0.25, 0.3) is 0 Å². The molecule has 4 heteroatoms. The monoisotopic (exact) mass is 147 g/mol. The Morgan fingerprint density at radius 1 is 2.00 bits per heavy atom. The molecule has 0 amide bonds. The molecule has 1 N–H and O–H groups in total. The number of hydrogen-bond donors (Lipinski definition) is 1. The number of hydrogen-bond acceptors (Lipinski definition) is 4. The molecule has 0 unspecified atom stereocenters. The Morgan fingerprint density at radius 2 is 2.78 bits per heavy atom. The summed E-state index contributed by atoms with van der Waals surface area (Å²) in [5.41, 5.74) is 0. The van der Waals surface area contributed by atoms with Gasteiger partial charge < -0.3 is 4.74 Å². The maximum Gasteiger partial charge on any atom is 0.173 e. The van der Waals surface area contributed by atoms with Crippen molar-refractivity contribution >= 4 is 11.8 Å². The summed E-state index contributed by atoms with van der Waals surface area (Å²) in [7, 11) is 0. The zero-order chi connectivity index (χ0) is 6.69. The Bertz CT molecular complexity index is 126. The summed E-state index contributed by atoms with van der Waals surface area (Å²) in [6.45, 7) is 2.58. The van der Waals surface area contributed by atoms with Crippen molar-refractivity contribution in [3.05, 3.63) is 11.3 Å². The minimum absolute atomic E-state index is 0.579. The molecular weight excluding hydrogens is 138 g/mol. The number of nitrogens with zero attached hydrogens (tertiary/aromatic N) is 1. The zero-order valence-corrected chi connectivity index (χ0v) is 6.02. The van der Waals surface area contributed by atoms with Crippen LogP contribution in [0.4, 0.5) is 0 Å². The van der Waals surface area contributed by atoms with Gasteiger partial charge in [0, 0.05) is 0 Å². The van der Waals surface area contributed by atoms with Crippen molar-refractivity contribution in [2.24, 2.45) is 0 Å². The van der Waals surface area contributed by atoms with Gasteiger partial charge in [-0.05, 0) is 6.92 Å². The summed E-state index contributed by atoms with van der Waals surface area (Å²) in [6, 6.07) is 0. The fraction of sp³-hybridized carbons (Fsp3) is 0.600. The van der Waals surface area contributed by atoms with Gasteiger partial charge >= 0.3 is 0 Å². The molecule has 0 spiro atoms. The average Bonchev–Trinajstić information content (AvgIpc) is 2.17. The van der Waals surface area contributed by atoms with Crippen LogP contribution in [-0.4, -0.2) is 22.8 Å². The first kappa shape index (κ1) is 6.77. The van der Waals surface area contributed by atoms with Crippen LogP contribution in [0.5, 0.6) is 0 Å². The minimum Gasteiger partial charge on any atom is -0.486 e. The fourth-order valence-electron chi connectivity index (χ4n) is 0.547. The average molecular weight is 147 g/mol. The van der Waals surface area contributed by atoms with Crippen molar-refractivity contribution in [2.45, 2.75) is 6.92 Å². The van der Waals surface area contributed by atoms with Crippen LogP contribution in [0.1, 0.15) is 6.92 Å². The van der Waals surface area contributed by atoms with E-state index in [0.717, 1.165) is 10.2 Å². The van der Waals surface area contributed by atoms with Gasteiger partial charge in [-0.15, -0.1) is 0 Å². The maximum atomic E-state index is 8.78. The Kier molecular flexibility index (Phi) is 2.24. The quantitative estimate of drug-likeness (QED) is 0.636. The number of rotatable bonds is 2. The van der Waals surface area contributed by atoms with Crippen molar-refractivity contribution in [2.75, 3.05) is 12.5 Å². The van der Waals surface area contributed by atoms with Crippen molar-refractivity contribution in [3.63, 3.8) is 0 Å². The van der Waals surface area contributed by atoms with Crippen LogP contribution in [0, 0.1) is 0 Å². The highest BCUT2D eigenvalue weighted by Gasteiger charge is 2.10. The van der Waals surface area contributed by atoms with Crippen LogP contribution in [-0.2, 0) is 4.74 Å². The van der Waals surface area contributed by atoms with Crippen LogP contribution in [0.2, 0.25) is 0 Å². The molecule has 1 heterocycles. The molecule has 52 valence electrons. The van der Waals surface area contributed by atoms with E-state index < -0.39 is 0 Å². The third-order valence-electron chi connectivity index (χ3n) is 0.880. The molecule has 0 saturated heterocycles. The summed E-state index contributed by atoms with van der Waals surface area (Å²) in [6.07, 6.45) is 1.58. The molecule has 0 bridgehead atoms. The Morgan fingerprint density at radius 3 is 3.22 bits per heavy atom. The van der Waals surface area contributed by atoms with Crippen LogP contribution in [0.3, 0.4) is 0 Å². The highest BCUT2D eigenvalue weighted by atomic mass is 32.2. The van der Waals surface area contributed by atoms with Crippen LogP contribution < -0.4 is 0 Å².